The van der Waals surface area contributed by atoms with Crippen LogP contribution in [0, 0.1) is 5.92 Å². The number of aliphatic hydroxyl groups is 1. The molecule has 12 heteroatoms. The monoisotopic (exact) mass is 709 g/mol. The number of esters is 1. The molecular formula is C37H41Cl2N3O7. The van der Waals surface area contributed by atoms with Crippen LogP contribution in [0.2, 0.25) is 10.0 Å². The number of benzene rings is 3. The zero-order valence-electron chi connectivity index (χ0n) is 28.3. The Morgan fingerprint density at radius 1 is 0.898 bits per heavy atom. The van der Waals surface area contributed by atoms with Crippen molar-refractivity contribution in [3.8, 4) is 5.75 Å². The normalized spacial score (nSPS) is 15.9. The predicted molar refractivity (Wildman–Crippen MR) is 187 cm³/mol. The largest absolute Gasteiger partial charge is 0.489 e. The number of rotatable bonds is 12. The van der Waals surface area contributed by atoms with Crippen molar-refractivity contribution in [2.45, 2.75) is 78.9 Å². The molecule has 1 aliphatic heterocycles. The Morgan fingerprint density at radius 3 is 2.12 bits per heavy atom. The van der Waals surface area contributed by atoms with Gasteiger partial charge >= 0.3 is 5.97 Å². The van der Waals surface area contributed by atoms with E-state index in [9.17, 15) is 24.3 Å². The molecule has 0 aromatic heterocycles. The third kappa shape index (κ3) is 9.20. The van der Waals surface area contributed by atoms with Gasteiger partial charge in [-0.25, -0.2) is 14.8 Å². The molecule has 0 radical (unpaired) electrons. The van der Waals surface area contributed by atoms with Crippen molar-refractivity contribution in [2.75, 3.05) is 0 Å². The van der Waals surface area contributed by atoms with E-state index < -0.39 is 42.1 Å². The lowest BCUT2D eigenvalue weighted by Gasteiger charge is -2.47. The molecule has 0 spiro atoms. The summed E-state index contributed by atoms with van der Waals surface area (Å²) in [5.74, 6) is -2.50. The van der Waals surface area contributed by atoms with Gasteiger partial charge < -0.3 is 19.5 Å². The van der Waals surface area contributed by atoms with Crippen molar-refractivity contribution < 1.29 is 33.8 Å². The zero-order chi connectivity index (χ0) is 36.0. The minimum absolute atomic E-state index is 0.0000443. The van der Waals surface area contributed by atoms with Crippen LogP contribution in [0.25, 0.3) is 5.70 Å². The summed E-state index contributed by atoms with van der Waals surface area (Å²) in [5.41, 5.74) is 2.01. The van der Waals surface area contributed by atoms with Crippen LogP contribution in [0.5, 0.6) is 5.75 Å². The maximum atomic E-state index is 14.6. The molecule has 0 saturated carbocycles. The van der Waals surface area contributed by atoms with Gasteiger partial charge in [0.25, 0.3) is 5.91 Å². The van der Waals surface area contributed by atoms with E-state index in [0.29, 0.717) is 26.9 Å². The minimum atomic E-state index is -1.83. The van der Waals surface area contributed by atoms with Crippen LogP contribution in [0.15, 0.2) is 79.0 Å². The third-order valence-corrected chi connectivity index (χ3v) is 8.24. The van der Waals surface area contributed by atoms with E-state index in [4.69, 9.17) is 32.7 Å². The third-order valence-electron chi connectivity index (χ3n) is 7.80. The van der Waals surface area contributed by atoms with E-state index in [0.717, 1.165) is 10.6 Å². The second-order valence-corrected chi connectivity index (χ2v) is 13.3. The second kappa shape index (κ2) is 16.3. The molecule has 1 unspecified atom stereocenters. The molecule has 3 amide bonds. The molecule has 0 saturated heterocycles. The maximum Gasteiger partial charge on any atom is 0.337 e. The van der Waals surface area contributed by atoms with E-state index in [1.807, 2.05) is 6.07 Å². The summed E-state index contributed by atoms with van der Waals surface area (Å²) in [5, 5.41) is 14.7. The van der Waals surface area contributed by atoms with Gasteiger partial charge in [0.15, 0.2) is 6.10 Å². The first-order chi connectivity index (χ1) is 23.2. The number of carbonyl (C=O) groups excluding carboxylic acids is 4. The zero-order valence-corrected chi connectivity index (χ0v) is 29.8. The average Bonchev–Trinajstić information content (AvgIpc) is 3.03. The average molecular weight is 711 g/mol. The molecule has 1 aliphatic rings. The molecule has 1 heterocycles. The highest BCUT2D eigenvalue weighted by Gasteiger charge is 2.47. The van der Waals surface area contributed by atoms with Gasteiger partial charge in [-0.1, -0.05) is 79.5 Å². The highest BCUT2D eigenvalue weighted by molar-refractivity contribution is 6.34. The lowest BCUT2D eigenvalue weighted by atomic mass is 9.96. The molecule has 3 atom stereocenters. The molecule has 260 valence electrons. The van der Waals surface area contributed by atoms with E-state index >= 15 is 0 Å². The van der Waals surface area contributed by atoms with Crippen LogP contribution < -0.4 is 4.74 Å². The standard InChI is InChI=1S/C37H41Cl2N3O7/c1-22(2)34-36(46)42(41(25(6)44)32(17-26-11-8-7-9-12-26)35(45)37(47)49-23(3)4)33(20-40(34)24(5)43)28-13-10-14-31(18-28)48-21-27-15-29(38)19-30(39)16-27/h7-16,18-20,22-23,32,34-35,45H,17,21H2,1-6H3/t32-,34+,35?/m0/s1. The van der Waals surface area contributed by atoms with Gasteiger partial charge in [0.1, 0.15) is 18.4 Å². The molecule has 4 rings (SSSR count). The first kappa shape index (κ1) is 37.4. The quantitative estimate of drug-likeness (QED) is 0.220. The molecule has 3 aromatic carbocycles. The number of hydrazine groups is 1. The summed E-state index contributed by atoms with van der Waals surface area (Å²) in [6, 6.07) is 18.6. The number of nitrogens with zero attached hydrogens (tertiary/aromatic N) is 3. The van der Waals surface area contributed by atoms with Gasteiger partial charge in [-0.3, -0.25) is 14.4 Å². The molecule has 3 aromatic rings. The van der Waals surface area contributed by atoms with Crippen LogP contribution in [0.1, 0.15) is 58.2 Å². The Labute approximate surface area is 296 Å². The summed E-state index contributed by atoms with van der Waals surface area (Å²) in [4.78, 5) is 55.9. The minimum Gasteiger partial charge on any atom is -0.489 e. The number of amides is 3. The van der Waals surface area contributed by atoms with Gasteiger partial charge in [-0.15, -0.1) is 0 Å². The van der Waals surface area contributed by atoms with Crippen molar-refractivity contribution in [3.05, 3.63) is 106 Å². The van der Waals surface area contributed by atoms with E-state index in [2.05, 4.69) is 0 Å². The molecule has 0 bridgehead atoms. The first-order valence-corrected chi connectivity index (χ1v) is 16.7. The van der Waals surface area contributed by atoms with Crippen LogP contribution in [0.3, 0.4) is 0 Å². The molecule has 0 aliphatic carbocycles. The van der Waals surface area contributed by atoms with Crippen molar-refractivity contribution in [2.24, 2.45) is 5.92 Å². The molecular weight excluding hydrogens is 669 g/mol. The number of ether oxygens (including phenoxy) is 2. The fraction of sp³-hybridized carbons (Fsp3) is 0.351. The van der Waals surface area contributed by atoms with Gasteiger partial charge in [0.05, 0.1) is 17.8 Å². The predicted octanol–water partition coefficient (Wildman–Crippen LogP) is 6.27. The Balaban J connectivity index is 1.86. The Bertz CT molecular complexity index is 1690. The lowest BCUT2D eigenvalue weighted by Crippen LogP contribution is -2.64. The summed E-state index contributed by atoms with van der Waals surface area (Å²) in [6.45, 7) is 9.61. The van der Waals surface area contributed by atoms with Gasteiger partial charge in [-0.2, -0.15) is 0 Å². The van der Waals surface area contributed by atoms with Crippen LogP contribution >= 0.6 is 23.2 Å². The van der Waals surface area contributed by atoms with Crippen LogP contribution in [0.4, 0.5) is 0 Å². The highest BCUT2D eigenvalue weighted by atomic mass is 35.5. The first-order valence-electron chi connectivity index (χ1n) is 15.9. The van der Waals surface area contributed by atoms with Crippen molar-refractivity contribution in [3.63, 3.8) is 0 Å². The number of halogens is 2. The van der Waals surface area contributed by atoms with Crippen LogP contribution in [-0.4, -0.2) is 68.0 Å². The number of carbonyl (C=O) groups is 4. The maximum absolute atomic E-state index is 14.6. The summed E-state index contributed by atoms with van der Waals surface area (Å²) >= 11 is 12.3. The molecule has 1 N–H and O–H groups in total. The van der Waals surface area contributed by atoms with Crippen molar-refractivity contribution in [1.82, 2.24) is 14.9 Å². The summed E-state index contributed by atoms with van der Waals surface area (Å²) in [6.07, 6.45) is -0.862. The fourth-order valence-electron chi connectivity index (χ4n) is 5.72. The Morgan fingerprint density at radius 2 is 1.55 bits per heavy atom. The topological polar surface area (TPSA) is 117 Å². The van der Waals surface area contributed by atoms with E-state index in [-0.39, 0.29) is 30.5 Å². The second-order valence-electron chi connectivity index (χ2n) is 12.4. The van der Waals surface area contributed by atoms with Gasteiger partial charge in [0.2, 0.25) is 11.8 Å². The lowest BCUT2D eigenvalue weighted by molar-refractivity contribution is -0.178. The van der Waals surface area contributed by atoms with Crippen molar-refractivity contribution >= 4 is 52.6 Å². The number of aliphatic hydroxyl groups excluding tert-OH is 1. The van der Waals surface area contributed by atoms with E-state index in [1.165, 1.54) is 30.0 Å². The number of hydrogen-bond acceptors (Lipinski definition) is 7. The number of hydrogen-bond donors (Lipinski definition) is 1. The fourth-order valence-corrected chi connectivity index (χ4v) is 6.29. The van der Waals surface area contributed by atoms with Crippen LogP contribution in [-0.2, 0) is 36.9 Å². The van der Waals surface area contributed by atoms with Gasteiger partial charge in [0, 0.05) is 35.7 Å². The Hall–Kier alpha value is -4.38. The smallest absolute Gasteiger partial charge is 0.337 e. The summed E-state index contributed by atoms with van der Waals surface area (Å²) in [7, 11) is 0. The van der Waals surface area contributed by atoms with Gasteiger partial charge in [-0.05, 0) is 67.6 Å². The SMILES string of the molecule is CC(=O)N1C=C(c2cccc(OCc3cc(Cl)cc(Cl)c3)c2)N(N(C(C)=O)[C@@H](Cc2ccccc2)C(O)C(=O)OC(C)C)C(=O)[C@H]1C(C)C. The highest BCUT2D eigenvalue weighted by Crippen LogP contribution is 2.35. The van der Waals surface area contributed by atoms with E-state index in [1.54, 1.807) is 94.4 Å². The molecule has 10 nitrogen and oxygen atoms in total. The molecule has 49 heavy (non-hydrogen) atoms. The van der Waals surface area contributed by atoms with Crippen molar-refractivity contribution in [1.29, 1.82) is 0 Å². The summed E-state index contributed by atoms with van der Waals surface area (Å²) < 4.78 is 11.4. The molecule has 0 fully saturated rings. The Kier molecular flexibility index (Phi) is 12.5.